The molecule has 1 N–H and O–H groups in total. The molecule has 0 radical (unpaired) electrons. The van der Waals surface area contributed by atoms with E-state index in [2.05, 4.69) is 5.32 Å². The van der Waals surface area contributed by atoms with Gasteiger partial charge in [0.25, 0.3) is 0 Å². The average molecular weight is 370 g/mol. The van der Waals surface area contributed by atoms with Crippen LogP contribution in [0.15, 0.2) is 24.3 Å². The van der Waals surface area contributed by atoms with Gasteiger partial charge in [-0.2, -0.15) is 13.2 Å². The van der Waals surface area contributed by atoms with Crippen molar-refractivity contribution in [1.29, 1.82) is 0 Å². The molecule has 142 valence electrons. The van der Waals surface area contributed by atoms with E-state index in [1.54, 1.807) is 0 Å². The zero-order valence-corrected chi connectivity index (χ0v) is 14.4. The first-order valence-corrected chi connectivity index (χ1v) is 8.65. The molecule has 8 heteroatoms. The summed E-state index contributed by atoms with van der Waals surface area (Å²) < 4.78 is 44.1. The van der Waals surface area contributed by atoms with Crippen LogP contribution in [0.2, 0.25) is 0 Å². The summed E-state index contributed by atoms with van der Waals surface area (Å²) in [4.78, 5) is 25.9. The Labute approximate surface area is 149 Å². The number of anilines is 1. The van der Waals surface area contributed by atoms with Crippen molar-refractivity contribution in [2.45, 2.75) is 44.5 Å². The maximum atomic E-state index is 12.9. The van der Waals surface area contributed by atoms with E-state index in [1.165, 1.54) is 17.0 Å². The lowest BCUT2D eigenvalue weighted by Crippen LogP contribution is -2.44. The van der Waals surface area contributed by atoms with Gasteiger partial charge in [-0.25, -0.2) is 0 Å². The fraction of sp³-hybridized carbons (Fsp3) is 0.556. The highest BCUT2D eigenvalue weighted by atomic mass is 19.4. The first-order chi connectivity index (χ1) is 12.3. The molecule has 0 bridgehead atoms. The quantitative estimate of drug-likeness (QED) is 0.887. The molecule has 2 amide bonds. The van der Waals surface area contributed by atoms with E-state index in [4.69, 9.17) is 4.74 Å². The van der Waals surface area contributed by atoms with Gasteiger partial charge in [0, 0.05) is 25.3 Å². The van der Waals surface area contributed by atoms with E-state index in [-0.39, 0.29) is 42.6 Å². The van der Waals surface area contributed by atoms with E-state index < -0.39 is 17.7 Å². The second-order valence-corrected chi connectivity index (χ2v) is 6.80. The topological polar surface area (TPSA) is 58.6 Å². The molecule has 2 aliphatic heterocycles. The Balaban J connectivity index is 1.66. The Morgan fingerprint density at radius 1 is 1.38 bits per heavy atom. The molecule has 0 unspecified atom stereocenters. The fourth-order valence-electron chi connectivity index (χ4n) is 3.41. The van der Waals surface area contributed by atoms with Crippen molar-refractivity contribution in [3.8, 4) is 0 Å². The largest absolute Gasteiger partial charge is 0.416 e. The molecule has 0 aliphatic carbocycles. The Hall–Kier alpha value is -2.09. The molecule has 5 nitrogen and oxygen atoms in total. The molecular formula is C18H21F3N2O3. The van der Waals surface area contributed by atoms with Crippen molar-refractivity contribution < 1.29 is 27.5 Å². The number of nitrogens with one attached hydrogen (secondary N) is 1. The van der Waals surface area contributed by atoms with Crippen LogP contribution in [0.4, 0.5) is 18.9 Å². The first-order valence-electron chi connectivity index (χ1n) is 8.65. The van der Waals surface area contributed by atoms with Gasteiger partial charge >= 0.3 is 6.18 Å². The third-order valence-electron chi connectivity index (χ3n) is 4.87. The van der Waals surface area contributed by atoms with Gasteiger partial charge in [-0.1, -0.05) is 6.07 Å². The van der Waals surface area contributed by atoms with Crippen molar-refractivity contribution in [2.75, 3.05) is 18.1 Å². The van der Waals surface area contributed by atoms with Crippen molar-refractivity contribution in [3.05, 3.63) is 29.8 Å². The zero-order valence-electron chi connectivity index (χ0n) is 14.4. The highest BCUT2D eigenvalue weighted by Gasteiger charge is 2.37. The first kappa shape index (κ1) is 18.7. The molecule has 2 saturated heterocycles. The number of hydrogen-bond acceptors (Lipinski definition) is 3. The third-order valence-corrected chi connectivity index (χ3v) is 4.87. The second-order valence-electron chi connectivity index (χ2n) is 6.80. The number of amides is 2. The number of rotatable bonds is 4. The molecule has 26 heavy (non-hydrogen) atoms. The summed E-state index contributed by atoms with van der Waals surface area (Å²) in [6.45, 7) is 2.61. The van der Waals surface area contributed by atoms with Crippen LogP contribution < -0.4 is 10.2 Å². The Morgan fingerprint density at radius 2 is 2.15 bits per heavy atom. The number of carbonyl (C=O) groups excluding carboxylic acids is 2. The molecule has 1 aromatic rings. The number of carbonyl (C=O) groups is 2. The number of ether oxygens (including phenoxy) is 1. The monoisotopic (exact) mass is 370 g/mol. The number of halogens is 3. The second kappa shape index (κ2) is 7.26. The van der Waals surface area contributed by atoms with Crippen molar-refractivity contribution in [1.82, 2.24) is 5.32 Å². The zero-order chi connectivity index (χ0) is 18.9. The predicted octanol–water partition coefficient (Wildman–Crippen LogP) is 2.74. The lowest BCUT2D eigenvalue weighted by atomic mass is 10.1. The normalized spacial score (nSPS) is 24.8. The molecule has 0 saturated carbocycles. The summed E-state index contributed by atoms with van der Waals surface area (Å²) in [6, 6.07) is 4.44. The Morgan fingerprint density at radius 3 is 2.81 bits per heavy atom. The number of nitrogens with zero attached hydrogens (tertiary/aromatic N) is 1. The van der Waals surface area contributed by atoms with Crippen LogP contribution >= 0.6 is 0 Å². The highest BCUT2D eigenvalue weighted by Crippen LogP contribution is 2.33. The van der Waals surface area contributed by atoms with E-state index in [1.807, 2.05) is 6.92 Å². The summed E-state index contributed by atoms with van der Waals surface area (Å²) >= 11 is 0. The molecule has 2 fully saturated rings. The third kappa shape index (κ3) is 4.00. The maximum Gasteiger partial charge on any atom is 0.416 e. The Bertz CT molecular complexity index is 687. The van der Waals surface area contributed by atoms with Crippen LogP contribution in [0.3, 0.4) is 0 Å². The molecule has 0 spiro atoms. The predicted molar refractivity (Wildman–Crippen MR) is 88.5 cm³/mol. The summed E-state index contributed by atoms with van der Waals surface area (Å²) in [5.74, 6) is -1.20. The highest BCUT2D eigenvalue weighted by molar-refractivity contribution is 6.00. The molecule has 0 aromatic heterocycles. The standard InChI is InChI=1S/C18H21F3N2O3/c1-11(15-6-3-7-26-15)22-17(25)12-8-16(24)23(10-12)14-5-2-4-13(9-14)18(19,20)21/h2,4-5,9,11-12,15H,3,6-8,10H2,1H3,(H,22,25)/t11-,12+,15+/m0/s1. The van der Waals surface area contributed by atoms with Crippen molar-refractivity contribution in [2.24, 2.45) is 5.92 Å². The lowest BCUT2D eigenvalue weighted by molar-refractivity contribution is -0.137. The van der Waals surface area contributed by atoms with E-state index >= 15 is 0 Å². The number of hydrogen-bond donors (Lipinski definition) is 1. The van der Waals surface area contributed by atoms with Crippen LogP contribution in [-0.4, -0.2) is 37.1 Å². The minimum absolute atomic E-state index is 0.0136. The Kier molecular flexibility index (Phi) is 5.22. The van der Waals surface area contributed by atoms with Gasteiger partial charge in [0.15, 0.2) is 0 Å². The minimum atomic E-state index is -4.48. The molecule has 1 aromatic carbocycles. The van der Waals surface area contributed by atoms with E-state index in [9.17, 15) is 22.8 Å². The average Bonchev–Trinajstić information content (AvgIpc) is 3.23. The molecule has 2 aliphatic rings. The van der Waals surface area contributed by atoms with Crippen molar-refractivity contribution in [3.63, 3.8) is 0 Å². The van der Waals surface area contributed by atoms with Gasteiger partial charge in [-0.3, -0.25) is 9.59 Å². The van der Waals surface area contributed by atoms with Crippen LogP contribution in [0.5, 0.6) is 0 Å². The van der Waals surface area contributed by atoms with Crippen molar-refractivity contribution >= 4 is 17.5 Å². The van der Waals surface area contributed by atoms with E-state index in [0.29, 0.717) is 6.61 Å². The smallest absolute Gasteiger partial charge is 0.376 e. The summed E-state index contributed by atoms with van der Waals surface area (Å²) in [7, 11) is 0. The van der Waals surface area contributed by atoms with Crippen LogP contribution in [-0.2, 0) is 20.5 Å². The van der Waals surface area contributed by atoms with Crippen LogP contribution in [0.1, 0.15) is 31.7 Å². The lowest BCUT2D eigenvalue weighted by Gasteiger charge is -2.22. The number of alkyl halides is 3. The van der Waals surface area contributed by atoms with Gasteiger partial charge in [-0.05, 0) is 38.0 Å². The SMILES string of the molecule is C[C@H](NC(=O)[C@@H]1CC(=O)N(c2cccc(C(F)(F)F)c2)C1)[C@H]1CCCO1. The molecule has 3 rings (SSSR count). The molecule has 2 heterocycles. The van der Waals surface area contributed by atoms with Gasteiger partial charge in [-0.15, -0.1) is 0 Å². The molecule has 3 atom stereocenters. The summed E-state index contributed by atoms with van der Waals surface area (Å²) in [5, 5.41) is 2.87. The molecular weight excluding hydrogens is 349 g/mol. The van der Waals surface area contributed by atoms with Gasteiger partial charge in [0.2, 0.25) is 11.8 Å². The summed E-state index contributed by atoms with van der Waals surface area (Å²) in [5.41, 5.74) is -0.657. The van der Waals surface area contributed by atoms with E-state index in [0.717, 1.165) is 25.0 Å². The fourth-order valence-corrected chi connectivity index (χ4v) is 3.41. The number of benzene rings is 1. The van der Waals surface area contributed by atoms with Gasteiger partial charge < -0.3 is 15.0 Å². The van der Waals surface area contributed by atoms with Gasteiger partial charge in [0.1, 0.15) is 0 Å². The maximum absolute atomic E-state index is 12.9. The minimum Gasteiger partial charge on any atom is -0.376 e. The van der Waals surface area contributed by atoms with Gasteiger partial charge in [0.05, 0.1) is 23.6 Å². The van der Waals surface area contributed by atoms with Crippen LogP contribution in [0, 0.1) is 5.92 Å². The van der Waals surface area contributed by atoms with Crippen LogP contribution in [0.25, 0.3) is 0 Å². The summed E-state index contributed by atoms with van der Waals surface area (Å²) in [6.07, 6.45) is -2.69.